The highest BCUT2D eigenvalue weighted by Crippen LogP contribution is 2.37. The number of anilines is 2. The second-order valence-electron chi connectivity index (χ2n) is 12.7. The van der Waals surface area contributed by atoms with Crippen molar-refractivity contribution >= 4 is 34.5 Å². The molecule has 48 heavy (non-hydrogen) atoms. The molecule has 250 valence electrons. The van der Waals surface area contributed by atoms with Gasteiger partial charge in [0.15, 0.2) is 5.82 Å². The molecule has 0 radical (unpaired) electrons. The minimum absolute atomic E-state index is 0.0209. The van der Waals surface area contributed by atoms with E-state index in [9.17, 15) is 14.4 Å². The van der Waals surface area contributed by atoms with Crippen LogP contribution in [0.4, 0.5) is 25.1 Å². The topological polar surface area (TPSA) is 119 Å². The van der Waals surface area contributed by atoms with Gasteiger partial charge in [0, 0.05) is 56.7 Å². The summed E-state index contributed by atoms with van der Waals surface area (Å²) in [6.45, 7) is 13.3. The third kappa shape index (κ3) is 6.12. The van der Waals surface area contributed by atoms with E-state index in [-0.39, 0.29) is 70.3 Å². The summed E-state index contributed by atoms with van der Waals surface area (Å²) in [5, 5.41) is 0.233. The van der Waals surface area contributed by atoms with E-state index in [4.69, 9.17) is 0 Å². The first-order valence-electron chi connectivity index (χ1n) is 16.1. The lowest BCUT2D eigenvalue weighted by Crippen LogP contribution is -2.58. The van der Waals surface area contributed by atoms with Gasteiger partial charge in [0.05, 0.1) is 16.6 Å². The van der Waals surface area contributed by atoms with Crippen molar-refractivity contribution in [2.75, 3.05) is 42.5 Å². The zero-order valence-electron chi connectivity index (χ0n) is 27.4. The second-order valence-corrected chi connectivity index (χ2v) is 12.7. The van der Waals surface area contributed by atoms with Gasteiger partial charge in [0.1, 0.15) is 23.0 Å². The number of urea groups is 1. The summed E-state index contributed by atoms with van der Waals surface area (Å²) >= 11 is 0. The van der Waals surface area contributed by atoms with Gasteiger partial charge >= 0.3 is 11.7 Å². The van der Waals surface area contributed by atoms with Crippen molar-refractivity contribution in [2.24, 2.45) is 0 Å². The number of H-pyrrole nitrogens is 1. The van der Waals surface area contributed by atoms with Gasteiger partial charge in [-0.1, -0.05) is 26.5 Å². The van der Waals surface area contributed by atoms with Crippen LogP contribution in [0.5, 0.6) is 0 Å². The molecule has 11 nitrogen and oxygen atoms in total. The number of nitrogens with zero attached hydrogens (tertiary/aromatic N) is 7. The maximum Gasteiger partial charge on any atom is 0.348 e. The molecule has 2 atom stereocenters. The van der Waals surface area contributed by atoms with Crippen LogP contribution in [0, 0.1) is 11.6 Å². The first-order valence-corrected chi connectivity index (χ1v) is 16.1. The van der Waals surface area contributed by atoms with Crippen LogP contribution in [0.3, 0.4) is 0 Å². The number of rotatable bonds is 8. The first kappa shape index (κ1) is 32.7. The molecule has 1 N–H and O–H groups in total. The van der Waals surface area contributed by atoms with E-state index >= 15 is 8.78 Å². The fraction of sp³-hybridized carbons (Fsp3) is 0.371. The lowest BCUT2D eigenvalue weighted by Gasteiger charge is -2.44. The summed E-state index contributed by atoms with van der Waals surface area (Å²) in [7, 11) is 0. The summed E-state index contributed by atoms with van der Waals surface area (Å²) in [4.78, 5) is 61.0. The van der Waals surface area contributed by atoms with Crippen molar-refractivity contribution < 1.29 is 18.4 Å². The zero-order valence-corrected chi connectivity index (χ0v) is 27.4. The Morgan fingerprint density at radius 3 is 2.60 bits per heavy atom. The number of hydrogen-bond acceptors (Lipinski definition) is 7. The molecule has 3 amide bonds. The molecular formula is C35H38F2N8O3. The van der Waals surface area contributed by atoms with Crippen molar-refractivity contribution in [3.8, 4) is 11.3 Å². The summed E-state index contributed by atoms with van der Waals surface area (Å²) < 4.78 is 31.8. The molecule has 5 heterocycles. The Labute approximate surface area is 276 Å². The standard InChI is InChI=1S/C35H38F2N8O3/c1-6-29(46)44-18-22(5)45(19-21(44)4)33-24-17-26(37)31(39-32(24)40-34(47)41-33)30-25(36)8-7-9-28(30)43-15-14-42(35(43)48)13-11-23-10-12-38-27(16-23)20(2)3/h6-10,12,16-17,20-22H,1,11,13-15,18-19H2,2-5H3,(H,39,40,41,47)/t21-,22+/m1/s1. The van der Waals surface area contributed by atoms with Crippen LogP contribution in [-0.4, -0.2) is 86.5 Å². The Hall–Kier alpha value is -5.20. The normalized spacial score (nSPS) is 18.4. The van der Waals surface area contributed by atoms with E-state index in [1.54, 1.807) is 22.1 Å². The first-order chi connectivity index (χ1) is 23.0. The Kier molecular flexibility index (Phi) is 8.95. The number of aromatic amines is 1. The third-order valence-electron chi connectivity index (χ3n) is 9.09. The molecule has 1 aromatic carbocycles. The fourth-order valence-corrected chi connectivity index (χ4v) is 6.50. The van der Waals surface area contributed by atoms with E-state index in [1.807, 2.05) is 30.9 Å². The molecule has 0 aliphatic carbocycles. The van der Waals surface area contributed by atoms with Gasteiger partial charge in [-0.15, -0.1) is 0 Å². The summed E-state index contributed by atoms with van der Waals surface area (Å²) in [6.07, 6.45) is 3.65. The third-order valence-corrected chi connectivity index (χ3v) is 9.09. The highest BCUT2D eigenvalue weighted by atomic mass is 19.1. The van der Waals surface area contributed by atoms with Gasteiger partial charge in [-0.3, -0.25) is 19.7 Å². The molecule has 2 aliphatic rings. The Bertz CT molecular complexity index is 1960. The van der Waals surface area contributed by atoms with Gasteiger partial charge in [-0.25, -0.2) is 23.4 Å². The van der Waals surface area contributed by atoms with Crippen molar-refractivity contribution in [3.63, 3.8) is 0 Å². The van der Waals surface area contributed by atoms with Crippen molar-refractivity contribution in [1.29, 1.82) is 0 Å². The Morgan fingerprint density at radius 2 is 1.85 bits per heavy atom. The quantitative estimate of drug-likeness (QED) is 0.269. The fourth-order valence-electron chi connectivity index (χ4n) is 6.50. The number of carbonyl (C=O) groups excluding carboxylic acids is 2. The van der Waals surface area contributed by atoms with Crippen LogP contribution >= 0.6 is 0 Å². The number of aromatic nitrogens is 4. The molecule has 6 rings (SSSR count). The number of fused-ring (bicyclic) bond motifs is 1. The summed E-state index contributed by atoms with van der Waals surface area (Å²) in [6, 6.07) is 8.56. The smallest absolute Gasteiger partial charge is 0.348 e. The SMILES string of the molecule is C=CC(=O)N1C[C@H](C)N(c2nc(=O)[nH]c3nc(-c4c(F)cccc4N4CCN(CCc5ccnc(C(C)C)c5)C4=O)c(F)cc23)C[C@H]1C. The van der Waals surface area contributed by atoms with Crippen molar-refractivity contribution in [1.82, 2.24) is 29.7 Å². The van der Waals surface area contributed by atoms with Crippen LogP contribution in [0.2, 0.25) is 0 Å². The number of halogens is 2. The second kappa shape index (κ2) is 13.1. The number of carbonyl (C=O) groups is 2. The molecule has 4 aromatic rings. The van der Waals surface area contributed by atoms with E-state index in [2.05, 4.69) is 40.4 Å². The maximum atomic E-state index is 16.1. The van der Waals surface area contributed by atoms with Gasteiger partial charge in [-0.05, 0) is 68.2 Å². The Morgan fingerprint density at radius 1 is 1.06 bits per heavy atom. The predicted molar refractivity (Wildman–Crippen MR) is 180 cm³/mol. The molecule has 0 unspecified atom stereocenters. The van der Waals surface area contributed by atoms with E-state index in [0.29, 0.717) is 32.6 Å². The lowest BCUT2D eigenvalue weighted by molar-refractivity contribution is -0.128. The highest BCUT2D eigenvalue weighted by molar-refractivity contribution is 5.99. The monoisotopic (exact) mass is 656 g/mol. The molecule has 3 aromatic heterocycles. The minimum Gasteiger partial charge on any atom is -0.349 e. The summed E-state index contributed by atoms with van der Waals surface area (Å²) in [5.41, 5.74) is 1.02. The van der Waals surface area contributed by atoms with Crippen molar-refractivity contribution in [3.05, 3.63) is 88.6 Å². The number of amides is 3. The van der Waals surface area contributed by atoms with Gasteiger partial charge < -0.3 is 14.7 Å². The van der Waals surface area contributed by atoms with Crippen LogP contribution in [-0.2, 0) is 11.2 Å². The van der Waals surface area contributed by atoms with E-state index in [0.717, 1.165) is 11.3 Å². The number of benzene rings is 1. The van der Waals surface area contributed by atoms with Gasteiger partial charge in [0.2, 0.25) is 5.91 Å². The van der Waals surface area contributed by atoms with Crippen LogP contribution < -0.4 is 15.5 Å². The molecule has 0 saturated carbocycles. The maximum absolute atomic E-state index is 16.1. The Balaban J connectivity index is 1.31. The molecule has 0 bridgehead atoms. The zero-order chi connectivity index (χ0) is 34.3. The number of nitrogens with one attached hydrogen (secondary N) is 1. The minimum atomic E-state index is -0.840. The average molecular weight is 657 g/mol. The van der Waals surface area contributed by atoms with Crippen molar-refractivity contribution in [2.45, 2.75) is 52.1 Å². The highest BCUT2D eigenvalue weighted by Gasteiger charge is 2.35. The average Bonchev–Trinajstić information content (AvgIpc) is 3.43. The van der Waals surface area contributed by atoms with Crippen LogP contribution in [0.1, 0.15) is 44.9 Å². The number of piperazine rings is 1. The van der Waals surface area contributed by atoms with E-state index < -0.39 is 17.3 Å². The molecule has 2 fully saturated rings. The molecular weight excluding hydrogens is 618 g/mol. The lowest BCUT2D eigenvalue weighted by atomic mass is 10.0. The molecule has 2 aliphatic heterocycles. The predicted octanol–water partition coefficient (Wildman–Crippen LogP) is 4.88. The molecule has 13 heteroatoms. The van der Waals surface area contributed by atoms with Crippen LogP contribution in [0.15, 0.2) is 60.0 Å². The van der Waals surface area contributed by atoms with E-state index in [1.165, 1.54) is 29.2 Å². The summed E-state index contributed by atoms with van der Waals surface area (Å²) in [5.74, 6) is -1.31. The molecule has 0 spiro atoms. The largest absolute Gasteiger partial charge is 0.349 e. The number of hydrogen-bond donors (Lipinski definition) is 1. The van der Waals surface area contributed by atoms with Gasteiger partial charge in [0.25, 0.3) is 0 Å². The van der Waals surface area contributed by atoms with Crippen LogP contribution in [0.25, 0.3) is 22.3 Å². The molecule has 2 saturated heterocycles. The number of pyridine rings is 2. The van der Waals surface area contributed by atoms with Gasteiger partial charge in [-0.2, -0.15) is 4.98 Å².